The fraction of sp³-hybridized carbons (Fsp3) is 0.316. The van der Waals surface area contributed by atoms with Gasteiger partial charge in [0.2, 0.25) is 0 Å². The minimum absolute atomic E-state index is 0.0219. The lowest BCUT2D eigenvalue weighted by atomic mass is 10.1. The Bertz CT molecular complexity index is 860. The Morgan fingerprint density at radius 3 is 2.38 bits per heavy atom. The van der Waals surface area contributed by atoms with Gasteiger partial charge in [0, 0.05) is 11.4 Å². The zero-order valence-electron chi connectivity index (χ0n) is 14.7. The molecule has 0 radical (unpaired) electrons. The maximum atomic E-state index is 12.1. The van der Waals surface area contributed by atoms with Crippen molar-refractivity contribution in [3.05, 3.63) is 64.2 Å². The van der Waals surface area contributed by atoms with E-state index >= 15 is 0 Å². The van der Waals surface area contributed by atoms with E-state index in [0.29, 0.717) is 17.9 Å². The first kappa shape index (κ1) is 20.4. The molecule has 0 aliphatic rings. The van der Waals surface area contributed by atoms with Crippen LogP contribution in [0.2, 0.25) is 5.02 Å². The Labute approximate surface area is 159 Å². The normalized spacial score (nSPS) is 11.3. The lowest BCUT2D eigenvalue weighted by Crippen LogP contribution is -2.09. The quantitative estimate of drug-likeness (QED) is 0.502. The molecule has 26 heavy (non-hydrogen) atoms. The number of methoxy groups -OCH3 is 1. The minimum atomic E-state index is -3.77. The summed E-state index contributed by atoms with van der Waals surface area (Å²) in [4.78, 5) is 11.3. The average Bonchev–Trinajstić information content (AvgIpc) is 2.61. The molecule has 2 rings (SSSR count). The van der Waals surface area contributed by atoms with Gasteiger partial charge >= 0.3 is 5.97 Å². The summed E-state index contributed by atoms with van der Waals surface area (Å²) in [5.41, 5.74) is 2.68. The predicted octanol–water partition coefficient (Wildman–Crippen LogP) is 3.70. The number of hydrogen-bond acceptors (Lipinski definition) is 5. The third kappa shape index (κ3) is 5.83. The van der Waals surface area contributed by atoms with Crippen LogP contribution in [-0.2, 0) is 36.7 Å². The van der Waals surface area contributed by atoms with Gasteiger partial charge in [0.1, 0.15) is 0 Å². The molecule has 0 bridgehead atoms. The Morgan fingerprint density at radius 2 is 1.77 bits per heavy atom. The van der Waals surface area contributed by atoms with E-state index in [1.807, 2.05) is 19.1 Å². The second kappa shape index (κ2) is 9.16. The molecule has 140 valence electrons. The predicted molar refractivity (Wildman–Crippen MR) is 99.8 cm³/mol. The van der Waals surface area contributed by atoms with Crippen molar-refractivity contribution in [2.75, 3.05) is 13.7 Å². The van der Waals surface area contributed by atoms with E-state index in [1.165, 1.54) is 19.2 Å². The second-order valence-electron chi connectivity index (χ2n) is 5.84. The first-order valence-electron chi connectivity index (χ1n) is 8.12. The number of benzene rings is 2. The van der Waals surface area contributed by atoms with Crippen molar-refractivity contribution in [2.45, 2.75) is 31.1 Å². The van der Waals surface area contributed by atoms with Crippen molar-refractivity contribution in [3.8, 4) is 0 Å². The summed E-state index contributed by atoms with van der Waals surface area (Å²) in [5.74, 6) is -0.292. The number of carbonyl (C=O) groups excluding carboxylic acids is 1. The van der Waals surface area contributed by atoms with Crippen LogP contribution in [0.3, 0.4) is 0 Å². The number of aryl methyl sites for hydroxylation is 2. The van der Waals surface area contributed by atoms with Crippen LogP contribution >= 0.6 is 11.6 Å². The largest absolute Gasteiger partial charge is 0.469 e. The Balaban J connectivity index is 1.92. The molecule has 2 aromatic carbocycles. The van der Waals surface area contributed by atoms with Gasteiger partial charge in [-0.1, -0.05) is 41.4 Å². The summed E-state index contributed by atoms with van der Waals surface area (Å²) >= 11 is 6.22. The van der Waals surface area contributed by atoms with Crippen LogP contribution in [0.4, 0.5) is 0 Å². The van der Waals surface area contributed by atoms with Gasteiger partial charge in [-0.15, -0.1) is 0 Å². The van der Waals surface area contributed by atoms with E-state index in [2.05, 4.69) is 4.74 Å². The van der Waals surface area contributed by atoms with Gasteiger partial charge in [-0.05, 0) is 49.1 Å². The van der Waals surface area contributed by atoms with Crippen LogP contribution in [0.15, 0.2) is 47.4 Å². The standard InChI is InChI=1S/C19H21ClO5S/c1-14-3-8-17(9-4-14)26(22,23)25-12-11-15-5-6-16(18(20)13-15)7-10-19(21)24-2/h3-6,8-9,13H,7,10-12H2,1-2H3. The maximum absolute atomic E-state index is 12.1. The molecule has 0 unspecified atom stereocenters. The van der Waals surface area contributed by atoms with E-state index < -0.39 is 10.1 Å². The Morgan fingerprint density at radius 1 is 1.08 bits per heavy atom. The average molecular weight is 397 g/mol. The molecule has 0 heterocycles. The Hall–Kier alpha value is -1.89. The number of ether oxygens (including phenoxy) is 1. The summed E-state index contributed by atoms with van der Waals surface area (Å²) in [7, 11) is -2.43. The lowest BCUT2D eigenvalue weighted by Gasteiger charge is -2.08. The summed E-state index contributed by atoms with van der Waals surface area (Å²) in [5, 5.41) is 0.535. The molecule has 0 aliphatic heterocycles. The highest BCUT2D eigenvalue weighted by molar-refractivity contribution is 7.86. The minimum Gasteiger partial charge on any atom is -0.469 e. The van der Waals surface area contributed by atoms with Crippen LogP contribution in [0.1, 0.15) is 23.1 Å². The molecule has 0 aromatic heterocycles. The molecule has 0 fully saturated rings. The van der Waals surface area contributed by atoms with E-state index in [9.17, 15) is 13.2 Å². The molecule has 0 amide bonds. The lowest BCUT2D eigenvalue weighted by molar-refractivity contribution is -0.140. The fourth-order valence-electron chi connectivity index (χ4n) is 2.33. The fourth-order valence-corrected chi connectivity index (χ4v) is 3.54. The van der Waals surface area contributed by atoms with Crippen molar-refractivity contribution < 1.29 is 22.1 Å². The summed E-state index contributed by atoms with van der Waals surface area (Å²) in [6, 6.07) is 11.9. The van der Waals surface area contributed by atoms with Gasteiger partial charge in [-0.2, -0.15) is 8.42 Å². The van der Waals surface area contributed by atoms with Crippen molar-refractivity contribution >= 4 is 27.7 Å². The van der Waals surface area contributed by atoms with Crippen molar-refractivity contribution in [2.24, 2.45) is 0 Å². The van der Waals surface area contributed by atoms with E-state index in [0.717, 1.165) is 16.7 Å². The SMILES string of the molecule is COC(=O)CCc1ccc(CCOS(=O)(=O)c2ccc(C)cc2)cc1Cl. The van der Waals surface area contributed by atoms with Crippen molar-refractivity contribution in [1.29, 1.82) is 0 Å². The van der Waals surface area contributed by atoms with Gasteiger partial charge in [0.25, 0.3) is 10.1 Å². The zero-order chi connectivity index (χ0) is 19.2. The Kier molecular flexibility index (Phi) is 7.20. The van der Waals surface area contributed by atoms with Crippen LogP contribution < -0.4 is 0 Å². The maximum Gasteiger partial charge on any atom is 0.305 e. The molecule has 7 heteroatoms. The first-order valence-corrected chi connectivity index (χ1v) is 9.90. The van der Waals surface area contributed by atoms with Gasteiger partial charge < -0.3 is 4.74 Å². The topological polar surface area (TPSA) is 69.7 Å². The highest BCUT2D eigenvalue weighted by atomic mass is 35.5. The van der Waals surface area contributed by atoms with Crippen LogP contribution in [-0.4, -0.2) is 28.1 Å². The molecule has 0 saturated carbocycles. The molecular formula is C19H21ClO5S. The third-order valence-electron chi connectivity index (χ3n) is 3.88. The smallest absolute Gasteiger partial charge is 0.305 e. The van der Waals surface area contributed by atoms with Crippen LogP contribution in [0, 0.1) is 6.92 Å². The molecule has 0 aliphatic carbocycles. The van der Waals surface area contributed by atoms with Crippen LogP contribution in [0.25, 0.3) is 0 Å². The van der Waals surface area contributed by atoms with E-state index in [1.54, 1.807) is 18.2 Å². The van der Waals surface area contributed by atoms with E-state index in [4.69, 9.17) is 15.8 Å². The molecule has 2 aromatic rings. The number of esters is 1. The monoisotopic (exact) mass is 396 g/mol. The highest BCUT2D eigenvalue weighted by Gasteiger charge is 2.14. The third-order valence-corrected chi connectivity index (χ3v) is 5.56. The molecular weight excluding hydrogens is 376 g/mol. The van der Waals surface area contributed by atoms with Gasteiger partial charge in [-0.25, -0.2) is 0 Å². The van der Waals surface area contributed by atoms with Gasteiger partial charge in [0.05, 0.1) is 18.6 Å². The number of halogens is 1. The zero-order valence-corrected chi connectivity index (χ0v) is 16.3. The summed E-state index contributed by atoms with van der Waals surface area (Å²) in [6.07, 6.45) is 1.15. The number of carbonyl (C=O) groups is 1. The summed E-state index contributed by atoms with van der Waals surface area (Å²) < 4.78 is 34.0. The molecule has 0 N–H and O–H groups in total. The van der Waals surface area contributed by atoms with Crippen molar-refractivity contribution in [3.63, 3.8) is 0 Å². The highest BCUT2D eigenvalue weighted by Crippen LogP contribution is 2.20. The van der Waals surface area contributed by atoms with Crippen LogP contribution in [0.5, 0.6) is 0 Å². The molecule has 5 nitrogen and oxygen atoms in total. The molecule has 0 spiro atoms. The molecule has 0 saturated heterocycles. The van der Waals surface area contributed by atoms with Gasteiger partial charge in [-0.3, -0.25) is 8.98 Å². The second-order valence-corrected chi connectivity index (χ2v) is 7.86. The summed E-state index contributed by atoms with van der Waals surface area (Å²) in [6.45, 7) is 1.91. The van der Waals surface area contributed by atoms with E-state index in [-0.39, 0.29) is 23.9 Å². The molecule has 0 atom stereocenters. The number of rotatable bonds is 8. The number of hydrogen-bond donors (Lipinski definition) is 0. The van der Waals surface area contributed by atoms with Crippen molar-refractivity contribution in [1.82, 2.24) is 0 Å². The first-order chi connectivity index (χ1) is 12.3. The van der Waals surface area contributed by atoms with Gasteiger partial charge in [0.15, 0.2) is 0 Å².